The number of ether oxygens (including phenoxy) is 1. The van der Waals surface area contributed by atoms with Crippen LogP contribution in [0, 0.1) is 0 Å². The Balaban J connectivity index is 2.15. The molecule has 28 heavy (non-hydrogen) atoms. The number of methoxy groups -OCH3 is 1. The molecular weight excluding hydrogens is 433 g/mol. The average Bonchev–Trinajstić information content (AvgIpc) is 2.66. The zero-order valence-electron chi connectivity index (χ0n) is 14.8. The third-order valence-electron chi connectivity index (χ3n) is 3.46. The number of carbonyl (C=O) groups excluding carboxylic acids is 1. The van der Waals surface area contributed by atoms with E-state index in [4.69, 9.17) is 4.74 Å². The molecule has 0 fully saturated rings. The van der Waals surface area contributed by atoms with E-state index in [1.54, 1.807) is 36.4 Å². The van der Waals surface area contributed by atoms with E-state index in [1.807, 2.05) is 0 Å². The van der Waals surface area contributed by atoms with Crippen molar-refractivity contribution in [2.75, 3.05) is 7.11 Å². The molecule has 0 heterocycles. The SMILES string of the molecule is COc1cc(/C=C/C(=O)/C=C(/C=C/c2ccc(Br)cc2)OB(F)F)ccc1O. The quantitative estimate of drug-likeness (QED) is 0.258. The number of hydrogen-bond donors (Lipinski definition) is 1. The first-order valence-electron chi connectivity index (χ1n) is 8.06. The number of aromatic hydroxyl groups is 1. The predicted octanol–water partition coefficient (Wildman–Crippen LogP) is 5.28. The number of phenolic OH excluding ortho intramolecular Hbond substituents is 1. The molecule has 0 aromatic heterocycles. The summed E-state index contributed by atoms with van der Waals surface area (Å²) >= 11 is 3.31. The van der Waals surface area contributed by atoms with Crippen molar-refractivity contribution >= 4 is 41.3 Å². The lowest BCUT2D eigenvalue weighted by atomic mass is 10.1. The summed E-state index contributed by atoms with van der Waals surface area (Å²) in [5.74, 6) is -0.583. The van der Waals surface area contributed by atoms with Crippen molar-refractivity contribution in [3.05, 3.63) is 82.1 Å². The van der Waals surface area contributed by atoms with Crippen LogP contribution in [0.3, 0.4) is 0 Å². The lowest BCUT2D eigenvalue weighted by Gasteiger charge is -2.04. The van der Waals surface area contributed by atoms with Gasteiger partial charge >= 0.3 is 7.47 Å². The van der Waals surface area contributed by atoms with Gasteiger partial charge in [-0.25, -0.2) is 8.63 Å². The molecule has 2 rings (SSSR count). The van der Waals surface area contributed by atoms with Gasteiger partial charge in [0.1, 0.15) is 5.76 Å². The van der Waals surface area contributed by atoms with E-state index < -0.39 is 13.3 Å². The largest absolute Gasteiger partial charge is 0.796 e. The van der Waals surface area contributed by atoms with Crippen molar-refractivity contribution in [2.24, 2.45) is 0 Å². The van der Waals surface area contributed by atoms with Crippen molar-refractivity contribution in [1.29, 1.82) is 0 Å². The molecule has 0 saturated carbocycles. The first-order valence-corrected chi connectivity index (χ1v) is 8.86. The molecular formula is C20H16BBrF2O4. The summed E-state index contributed by atoms with van der Waals surface area (Å²) in [4.78, 5) is 12.1. The number of rotatable bonds is 8. The fourth-order valence-electron chi connectivity index (χ4n) is 2.14. The fourth-order valence-corrected chi connectivity index (χ4v) is 2.41. The highest BCUT2D eigenvalue weighted by Crippen LogP contribution is 2.26. The Morgan fingerprint density at radius 3 is 2.36 bits per heavy atom. The summed E-state index contributed by atoms with van der Waals surface area (Å²) in [5.41, 5.74) is 1.35. The monoisotopic (exact) mass is 448 g/mol. The van der Waals surface area contributed by atoms with Gasteiger partial charge in [0.2, 0.25) is 0 Å². The Morgan fingerprint density at radius 1 is 1.07 bits per heavy atom. The lowest BCUT2D eigenvalue weighted by molar-refractivity contribution is -0.110. The molecule has 0 amide bonds. The summed E-state index contributed by atoms with van der Waals surface area (Å²) < 4.78 is 35.5. The topological polar surface area (TPSA) is 55.8 Å². The van der Waals surface area contributed by atoms with Crippen LogP contribution in [0.2, 0.25) is 0 Å². The van der Waals surface area contributed by atoms with Crippen molar-refractivity contribution in [3.63, 3.8) is 0 Å². The molecule has 144 valence electrons. The maximum Gasteiger partial charge on any atom is 0.796 e. The maximum atomic E-state index is 12.6. The molecule has 8 heteroatoms. The minimum absolute atomic E-state index is 0.0310. The number of hydrogen-bond acceptors (Lipinski definition) is 4. The Morgan fingerprint density at radius 2 is 1.71 bits per heavy atom. The molecule has 0 aliphatic rings. The van der Waals surface area contributed by atoms with Crippen LogP contribution in [0.5, 0.6) is 11.5 Å². The number of phenols is 1. The fraction of sp³-hybridized carbons (Fsp3) is 0.0500. The van der Waals surface area contributed by atoms with E-state index in [-0.39, 0.29) is 17.3 Å². The third-order valence-corrected chi connectivity index (χ3v) is 3.99. The van der Waals surface area contributed by atoms with E-state index in [2.05, 4.69) is 20.6 Å². The van der Waals surface area contributed by atoms with E-state index >= 15 is 0 Å². The minimum atomic E-state index is -3.06. The van der Waals surface area contributed by atoms with Crippen molar-refractivity contribution in [1.82, 2.24) is 0 Å². The van der Waals surface area contributed by atoms with Crippen LogP contribution in [0.25, 0.3) is 12.2 Å². The van der Waals surface area contributed by atoms with Gasteiger partial charge in [-0.2, -0.15) is 0 Å². The summed E-state index contributed by atoms with van der Waals surface area (Å²) in [7, 11) is -1.65. The van der Waals surface area contributed by atoms with Crippen LogP contribution < -0.4 is 4.74 Å². The summed E-state index contributed by atoms with van der Waals surface area (Å²) in [6, 6.07) is 11.7. The van der Waals surface area contributed by atoms with Gasteiger partial charge in [-0.1, -0.05) is 46.3 Å². The van der Waals surface area contributed by atoms with Gasteiger partial charge in [-0.3, -0.25) is 4.79 Å². The van der Waals surface area contributed by atoms with Crippen molar-refractivity contribution < 1.29 is 27.9 Å². The molecule has 4 nitrogen and oxygen atoms in total. The van der Waals surface area contributed by atoms with E-state index in [9.17, 15) is 18.5 Å². The van der Waals surface area contributed by atoms with Gasteiger partial charge in [0, 0.05) is 10.5 Å². The molecule has 0 aliphatic heterocycles. The van der Waals surface area contributed by atoms with Crippen LogP contribution in [0.1, 0.15) is 11.1 Å². The zero-order valence-corrected chi connectivity index (χ0v) is 16.4. The molecule has 0 bridgehead atoms. The lowest BCUT2D eigenvalue weighted by Crippen LogP contribution is -2.04. The van der Waals surface area contributed by atoms with E-state index in [0.717, 1.165) is 16.1 Å². The Hall–Kier alpha value is -2.87. The van der Waals surface area contributed by atoms with Crippen LogP contribution in [0.15, 0.2) is 70.9 Å². The number of allylic oxidation sites excluding steroid dienone is 3. The molecule has 0 spiro atoms. The van der Waals surface area contributed by atoms with Gasteiger partial charge in [0.05, 0.1) is 7.11 Å². The van der Waals surface area contributed by atoms with Gasteiger partial charge < -0.3 is 14.5 Å². The van der Waals surface area contributed by atoms with Crippen LogP contribution in [0.4, 0.5) is 8.63 Å². The standard InChI is InChI=1S/C20H16BBrF2O4/c1-27-20-12-15(6-11-19(20)26)4-9-17(25)13-18(28-21(23)24)10-5-14-2-7-16(22)8-3-14/h2-13,26H,1H3/b9-4+,10-5+,18-13-. The van der Waals surface area contributed by atoms with Gasteiger partial charge in [0.15, 0.2) is 17.3 Å². The maximum absolute atomic E-state index is 12.6. The third kappa shape index (κ3) is 7.04. The highest BCUT2D eigenvalue weighted by Gasteiger charge is 2.18. The Labute approximate surface area is 170 Å². The molecule has 2 aromatic rings. The normalized spacial score (nSPS) is 11.8. The van der Waals surface area contributed by atoms with Crippen molar-refractivity contribution in [3.8, 4) is 11.5 Å². The highest BCUT2D eigenvalue weighted by molar-refractivity contribution is 9.10. The second kappa shape index (κ2) is 10.5. The second-order valence-electron chi connectivity index (χ2n) is 5.48. The molecule has 0 atom stereocenters. The van der Waals surface area contributed by atoms with E-state index in [1.165, 1.54) is 37.5 Å². The van der Waals surface area contributed by atoms with E-state index in [0.29, 0.717) is 5.56 Å². The average molecular weight is 449 g/mol. The molecule has 0 unspecified atom stereocenters. The number of halogens is 3. The number of benzene rings is 2. The smallest absolute Gasteiger partial charge is 0.505 e. The predicted molar refractivity (Wildman–Crippen MR) is 109 cm³/mol. The van der Waals surface area contributed by atoms with Gasteiger partial charge in [0.25, 0.3) is 0 Å². The number of ketones is 1. The second-order valence-corrected chi connectivity index (χ2v) is 6.39. The summed E-state index contributed by atoms with van der Waals surface area (Å²) in [6.45, 7) is 0. The van der Waals surface area contributed by atoms with Crippen LogP contribution in [-0.4, -0.2) is 25.5 Å². The van der Waals surface area contributed by atoms with Crippen LogP contribution in [-0.2, 0) is 9.45 Å². The molecule has 0 radical (unpaired) electrons. The highest BCUT2D eigenvalue weighted by atomic mass is 79.9. The Bertz CT molecular complexity index is 909. The van der Waals surface area contributed by atoms with Crippen molar-refractivity contribution in [2.45, 2.75) is 0 Å². The number of carbonyl (C=O) groups is 1. The minimum Gasteiger partial charge on any atom is -0.505 e. The first-order chi connectivity index (χ1) is 13.4. The van der Waals surface area contributed by atoms with Crippen LogP contribution >= 0.6 is 15.9 Å². The van der Waals surface area contributed by atoms with Gasteiger partial charge in [-0.05, 0) is 47.5 Å². The summed E-state index contributed by atoms with van der Waals surface area (Å²) in [5, 5.41) is 9.56. The zero-order chi connectivity index (χ0) is 20.5. The first kappa shape index (κ1) is 21.4. The Kier molecular flexibility index (Phi) is 8.01. The molecule has 0 saturated heterocycles. The molecule has 0 aliphatic carbocycles. The van der Waals surface area contributed by atoms with Gasteiger partial charge in [-0.15, -0.1) is 0 Å². The molecule has 1 N–H and O–H groups in total. The summed E-state index contributed by atoms with van der Waals surface area (Å²) in [6.07, 6.45) is 6.50. The molecule has 2 aromatic carbocycles.